The summed E-state index contributed by atoms with van der Waals surface area (Å²) in [6.07, 6.45) is 1.18. The molecule has 0 amide bonds. The van der Waals surface area contributed by atoms with Gasteiger partial charge in [0.1, 0.15) is 0 Å². The normalized spacial score (nSPS) is 23.0. The number of nitrogens with zero attached hydrogens (tertiary/aromatic N) is 1. The molecule has 0 saturated carbocycles. The highest BCUT2D eigenvalue weighted by Crippen LogP contribution is 2.33. The first kappa shape index (κ1) is 15.9. The molecule has 0 bridgehead atoms. The Balaban J connectivity index is 2.05. The molecule has 1 aromatic rings. The molecular weight excluding hydrogens is 268 g/mol. The standard InChI is InChI=1S/C16H28N2OS/c1-10(13-7-8-19-9-13)17-11(2)14-12(3)18-15(20-14)16(4,5)6/h10-11,13,17H,7-9H2,1-6H3. The van der Waals surface area contributed by atoms with Crippen LogP contribution in [0.1, 0.15) is 62.7 Å². The number of hydrogen-bond donors (Lipinski definition) is 1. The topological polar surface area (TPSA) is 34.2 Å². The third-order valence-corrected chi connectivity index (χ3v) is 5.82. The van der Waals surface area contributed by atoms with Crippen molar-refractivity contribution in [2.24, 2.45) is 5.92 Å². The molecule has 0 radical (unpaired) electrons. The molecule has 20 heavy (non-hydrogen) atoms. The van der Waals surface area contributed by atoms with Gasteiger partial charge in [-0.1, -0.05) is 20.8 Å². The second-order valence-electron chi connectivity index (χ2n) is 7.02. The van der Waals surface area contributed by atoms with Crippen LogP contribution >= 0.6 is 11.3 Å². The zero-order chi connectivity index (χ0) is 14.9. The smallest absolute Gasteiger partial charge is 0.0985 e. The van der Waals surface area contributed by atoms with Gasteiger partial charge in [-0.3, -0.25) is 0 Å². The largest absolute Gasteiger partial charge is 0.381 e. The number of hydrogen-bond acceptors (Lipinski definition) is 4. The maximum atomic E-state index is 5.49. The summed E-state index contributed by atoms with van der Waals surface area (Å²) >= 11 is 1.85. The summed E-state index contributed by atoms with van der Waals surface area (Å²) in [5.41, 5.74) is 1.31. The van der Waals surface area contributed by atoms with Crippen LogP contribution in [0.2, 0.25) is 0 Å². The van der Waals surface area contributed by atoms with E-state index in [0.717, 1.165) is 13.2 Å². The van der Waals surface area contributed by atoms with Crippen molar-refractivity contribution < 1.29 is 4.74 Å². The van der Waals surface area contributed by atoms with Gasteiger partial charge in [0.2, 0.25) is 0 Å². The van der Waals surface area contributed by atoms with Gasteiger partial charge in [-0.05, 0) is 33.1 Å². The van der Waals surface area contributed by atoms with Crippen LogP contribution in [0.3, 0.4) is 0 Å². The molecule has 1 aromatic heterocycles. The Hall–Kier alpha value is -0.450. The van der Waals surface area contributed by atoms with Crippen molar-refractivity contribution in [1.82, 2.24) is 10.3 Å². The summed E-state index contributed by atoms with van der Waals surface area (Å²) < 4.78 is 5.49. The minimum Gasteiger partial charge on any atom is -0.381 e. The number of ether oxygens (including phenoxy) is 1. The van der Waals surface area contributed by atoms with Gasteiger partial charge in [0.15, 0.2) is 0 Å². The molecule has 0 aromatic carbocycles. The van der Waals surface area contributed by atoms with E-state index >= 15 is 0 Å². The number of aromatic nitrogens is 1. The first-order chi connectivity index (χ1) is 9.29. The molecule has 0 aliphatic carbocycles. The van der Waals surface area contributed by atoms with Crippen molar-refractivity contribution in [2.45, 2.75) is 65.5 Å². The van der Waals surface area contributed by atoms with E-state index in [1.165, 1.54) is 22.0 Å². The third kappa shape index (κ3) is 3.60. The lowest BCUT2D eigenvalue weighted by Gasteiger charge is -2.23. The average molecular weight is 296 g/mol. The van der Waals surface area contributed by atoms with E-state index in [4.69, 9.17) is 9.72 Å². The van der Waals surface area contributed by atoms with Crippen LogP contribution in [-0.4, -0.2) is 24.2 Å². The van der Waals surface area contributed by atoms with Crippen LogP contribution in [0.4, 0.5) is 0 Å². The van der Waals surface area contributed by atoms with Crippen LogP contribution < -0.4 is 5.32 Å². The predicted molar refractivity (Wildman–Crippen MR) is 85.5 cm³/mol. The van der Waals surface area contributed by atoms with Gasteiger partial charge in [0, 0.05) is 29.0 Å². The van der Waals surface area contributed by atoms with Crippen molar-refractivity contribution in [2.75, 3.05) is 13.2 Å². The SMILES string of the molecule is Cc1nc(C(C)(C)C)sc1C(C)NC(C)C1CCOC1. The van der Waals surface area contributed by atoms with Gasteiger partial charge in [-0.15, -0.1) is 11.3 Å². The first-order valence-electron chi connectivity index (χ1n) is 7.60. The van der Waals surface area contributed by atoms with E-state index in [1.807, 2.05) is 11.3 Å². The number of rotatable bonds is 4. The highest BCUT2D eigenvalue weighted by molar-refractivity contribution is 7.12. The Labute approximate surface area is 127 Å². The third-order valence-electron chi connectivity index (χ3n) is 4.05. The molecule has 3 unspecified atom stereocenters. The molecule has 3 nitrogen and oxygen atoms in total. The Bertz CT molecular complexity index is 444. The fraction of sp³-hybridized carbons (Fsp3) is 0.812. The Morgan fingerprint density at radius 2 is 2.05 bits per heavy atom. The molecule has 0 spiro atoms. The highest BCUT2D eigenvalue weighted by Gasteiger charge is 2.26. The Morgan fingerprint density at radius 3 is 2.55 bits per heavy atom. The van der Waals surface area contributed by atoms with E-state index < -0.39 is 0 Å². The van der Waals surface area contributed by atoms with E-state index in [9.17, 15) is 0 Å². The molecule has 3 atom stereocenters. The van der Waals surface area contributed by atoms with E-state index in [-0.39, 0.29) is 5.41 Å². The number of aryl methyl sites for hydroxylation is 1. The summed E-state index contributed by atoms with van der Waals surface area (Å²) in [7, 11) is 0. The van der Waals surface area contributed by atoms with Crippen molar-refractivity contribution in [3.8, 4) is 0 Å². The van der Waals surface area contributed by atoms with Gasteiger partial charge in [-0.2, -0.15) is 0 Å². The lowest BCUT2D eigenvalue weighted by molar-refractivity contribution is 0.177. The van der Waals surface area contributed by atoms with Gasteiger partial charge in [-0.25, -0.2) is 4.98 Å². The summed E-state index contributed by atoms with van der Waals surface area (Å²) in [4.78, 5) is 6.14. The quantitative estimate of drug-likeness (QED) is 0.917. The van der Waals surface area contributed by atoms with Crippen LogP contribution in [-0.2, 0) is 10.2 Å². The van der Waals surface area contributed by atoms with Crippen LogP contribution in [0, 0.1) is 12.8 Å². The Morgan fingerprint density at radius 1 is 1.35 bits per heavy atom. The van der Waals surface area contributed by atoms with Gasteiger partial charge in [0.25, 0.3) is 0 Å². The van der Waals surface area contributed by atoms with Crippen molar-refractivity contribution >= 4 is 11.3 Å². The fourth-order valence-electron chi connectivity index (χ4n) is 2.68. The molecule has 4 heteroatoms. The average Bonchev–Trinajstić information content (AvgIpc) is 2.95. The maximum Gasteiger partial charge on any atom is 0.0985 e. The van der Waals surface area contributed by atoms with E-state index in [2.05, 4.69) is 46.9 Å². The lowest BCUT2D eigenvalue weighted by atomic mass is 9.98. The van der Waals surface area contributed by atoms with Gasteiger partial charge >= 0.3 is 0 Å². The lowest BCUT2D eigenvalue weighted by Crippen LogP contribution is -2.35. The summed E-state index contributed by atoms with van der Waals surface area (Å²) in [6, 6.07) is 0.853. The molecule has 1 aliphatic rings. The van der Waals surface area contributed by atoms with Crippen LogP contribution in [0.25, 0.3) is 0 Å². The minimum atomic E-state index is 0.137. The molecule has 1 aliphatic heterocycles. The second-order valence-corrected chi connectivity index (χ2v) is 8.05. The molecule has 1 fully saturated rings. The Kier molecular flexibility index (Phi) is 4.88. The van der Waals surface area contributed by atoms with Crippen LogP contribution in [0.5, 0.6) is 0 Å². The van der Waals surface area contributed by atoms with Crippen LogP contribution in [0.15, 0.2) is 0 Å². The first-order valence-corrected chi connectivity index (χ1v) is 8.42. The highest BCUT2D eigenvalue weighted by atomic mass is 32.1. The van der Waals surface area contributed by atoms with Crippen molar-refractivity contribution in [3.05, 3.63) is 15.6 Å². The monoisotopic (exact) mass is 296 g/mol. The molecular formula is C16H28N2OS. The zero-order valence-electron chi connectivity index (χ0n) is 13.6. The fourth-order valence-corrected chi connectivity index (χ4v) is 3.82. The number of nitrogens with one attached hydrogen (secondary N) is 1. The van der Waals surface area contributed by atoms with Gasteiger partial charge in [0.05, 0.1) is 17.3 Å². The molecule has 2 rings (SSSR count). The van der Waals surface area contributed by atoms with E-state index in [1.54, 1.807) is 0 Å². The summed E-state index contributed by atoms with van der Waals surface area (Å²) in [5, 5.41) is 4.97. The van der Waals surface area contributed by atoms with Crippen molar-refractivity contribution in [1.29, 1.82) is 0 Å². The minimum absolute atomic E-state index is 0.137. The summed E-state index contributed by atoms with van der Waals surface area (Å²) in [6.45, 7) is 15.1. The molecule has 1 saturated heterocycles. The zero-order valence-corrected chi connectivity index (χ0v) is 14.4. The molecule has 2 heterocycles. The van der Waals surface area contributed by atoms with Crippen molar-refractivity contribution in [3.63, 3.8) is 0 Å². The second kappa shape index (κ2) is 6.12. The summed E-state index contributed by atoms with van der Waals surface area (Å²) in [5.74, 6) is 0.646. The molecule has 1 N–H and O–H groups in total. The van der Waals surface area contributed by atoms with E-state index in [0.29, 0.717) is 18.0 Å². The predicted octanol–water partition coefficient (Wildman–Crippen LogP) is 3.82. The molecule has 114 valence electrons. The number of thiazole rings is 1. The maximum absolute atomic E-state index is 5.49. The van der Waals surface area contributed by atoms with Gasteiger partial charge < -0.3 is 10.1 Å².